The van der Waals surface area contributed by atoms with E-state index >= 15 is 0 Å². The number of benzene rings is 1. The van der Waals surface area contributed by atoms with E-state index in [9.17, 15) is 4.79 Å². The molecule has 2 atom stereocenters. The molecule has 4 heteroatoms. The maximum absolute atomic E-state index is 12.2. The molecule has 0 aliphatic rings. The van der Waals surface area contributed by atoms with E-state index in [-0.39, 0.29) is 17.9 Å². The maximum Gasteiger partial charge on any atom is 0.225 e. The fraction of sp³-hybridized carbons (Fsp3) is 0.353. The number of hydrogen-bond donors (Lipinski definition) is 2. The summed E-state index contributed by atoms with van der Waals surface area (Å²) >= 11 is 0. The zero-order valence-corrected chi connectivity index (χ0v) is 12.5. The van der Waals surface area contributed by atoms with Gasteiger partial charge in [0, 0.05) is 25.5 Å². The van der Waals surface area contributed by atoms with E-state index < -0.39 is 0 Å². The second-order valence-corrected chi connectivity index (χ2v) is 5.10. The molecule has 1 heterocycles. The van der Waals surface area contributed by atoms with Gasteiger partial charge < -0.3 is 15.0 Å². The van der Waals surface area contributed by atoms with Gasteiger partial charge in [0.25, 0.3) is 0 Å². The van der Waals surface area contributed by atoms with Crippen LogP contribution < -0.4 is 5.32 Å². The standard InChI is InChI=1S/C17H22N2O2/c1-13(16(21-2)15-9-6-11-18-15)17(20)19-12-10-14-7-4-3-5-8-14/h3-9,11,13,16,18H,10,12H2,1-2H3,(H,19,20)/t13-,16-/m1/s1. The first-order valence-corrected chi connectivity index (χ1v) is 7.20. The van der Waals surface area contributed by atoms with Gasteiger partial charge in [0.2, 0.25) is 5.91 Å². The molecule has 1 aromatic heterocycles. The van der Waals surface area contributed by atoms with Crippen LogP contribution in [-0.4, -0.2) is 24.5 Å². The molecule has 1 amide bonds. The number of methoxy groups -OCH3 is 1. The highest BCUT2D eigenvalue weighted by Crippen LogP contribution is 2.23. The van der Waals surface area contributed by atoms with E-state index in [1.54, 1.807) is 7.11 Å². The smallest absolute Gasteiger partial charge is 0.225 e. The molecule has 4 nitrogen and oxygen atoms in total. The van der Waals surface area contributed by atoms with Crippen molar-refractivity contribution in [1.29, 1.82) is 0 Å². The van der Waals surface area contributed by atoms with E-state index in [1.807, 2.05) is 43.5 Å². The van der Waals surface area contributed by atoms with Crippen LogP contribution in [-0.2, 0) is 16.0 Å². The van der Waals surface area contributed by atoms with Gasteiger partial charge in [-0.3, -0.25) is 4.79 Å². The number of carbonyl (C=O) groups excluding carboxylic acids is 1. The molecule has 2 N–H and O–H groups in total. The Bertz CT molecular complexity index is 537. The minimum Gasteiger partial charge on any atom is -0.374 e. The molecule has 0 radical (unpaired) electrons. The van der Waals surface area contributed by atoms with Crippen molar-refractivity contribution in [2.24, 2.45) is 5.92 Å². The molecule has 0 aliphatic heterocycles. The lowest BCUT2D eigenvalue weighted by molar-refractivity contribution is -0.129. The Morgan fingerprint density at radius 2 is 2.00 bits per heavy atom. The predicted octanol–water partition coefficient (Wildman–Crippen LogP) is 2.70. The third kappa shape index (κ3) is 4.20. The minimum atomic E-state index is -0.253. The summed E-state index contributed by atoms with van der Waals surface area (Å²) in [6.07, 6.45) is 2.41. The molecule has 0 fully saturated rings. The van der Waals surface area contributed by atoms with E-state index in [1.165, 1.54) is 5.56 Å². The number of nitrogens with one attached hydrogen (secondary N) is 2. The van der Waals surface area contributed by atoms with Crippen LogP contribution in [0.4, 0.5) is 0 Å². The van der Waals surface area contributed by atoms with Crippen molar-refractivity contribution in [2.75, 3.05) is 13.7 Å². The number of aromatic nitrogens is 1. The van der Waals surface area contributed by atoms with Crippen molar-refractivity contribution in [1.82, 2.24) is 10.3 Å². The zero-order valence-electron chi connectivity index (χ0n) is 12.5. The Hall–Kier alpha value is -2.07. The summed E-state index contributed by atoms with van der Waals surface area (Å²) in [5, 5.41) is 2.97. The maximum atomic E-state index is 12.2. The first-order valence-electron chi connectivity index (χ1n) is 7.20. The summed E-state index contributed by atoms with van der Waals surface area (Å²) < 4.78 is 5.45. The lowest BCUT2D eigenvalue weighted by Gasteiger charge is -2.21. The Balaban J connectivity index is 1.84. The predicted molar refractivity (Wildman–Crippen MR) is 82.9 cm³/mol. The van der Waals surface area contributed by atoms with Gasteiger partial charge in [-0.25, -0.2) is 0 Å². The van der Waals surface area contributed by atoms with E-state index in [0.717, 1.165) is 12.1 Å². The number of rotatable bonds is 7. The lowest BCUT2D eigenvalue weighted by Crippen LogP contribution is -2.34. The summed E-state index contributed by atoms with van der Waals surface area (Å²) in [6.45, 7) is 2.52. The molecule has 0 bridgehead atoms. The number of carbonyl (C=O) groups is 1. The summed E-state index contributed by atoms with van der Waals surface area (Å²) in [5.74, 6) is -0.239. The molecule has 0 unspecified atom stereocenters. The summed E-state index contributed by atoms with van der Waals surface area (Å²) in [4.78, 5) is 15.3. The van der Waals surface area contributed by atoms with Crippen LogP contribution >= 0.6 is 0 Å². The van der Waals surface area contributed by atoms with Crippen molar-refractivity contribution < 1.29 is 9.53 Å². The lowest BCUT2D eigenvalue weighted by atomic mass is 10.0. The van der Waals surface area contributed by atoms with E-state index in [2.05, 4.69) is 22.4 Å². The first-order chi connectivity index (χ1) is 10.2. The summed E-state index contributed by atoms with van der Waals surface area (Å²) in [7, 11) is 1.62. The molecule has 21 heavy (non-hydrogen) atoms. The van der Waals surface area contributed by atoms with Gasteiger partial charge >= 0.3 is 0 Å². The van der Waals surface area contributed by atoms with Crippen LogP contribution in [0, 0.1) is 5.92 Å². The van der Waals surface area contributed by atoms with Crippen LogP contribution in [0.15, 0.2) is 48.7 Å². The molecule has 2 rings (SSSR count). The fourth-order valence-corrected chi connectivity index (χ4v) is 2.39. The highest BCUT2D eigenvalue weighted by Gasteiger charge is 2.25. The largest absolute Gasteiger partial charge is 0.374 e. The Morgan fingerprint density at radius 3 is 2.62 bits per heavy atom. The van der Waals surface area contributed by atoms with Crippen LogP contribution in [0.1, 0.15) is 24.3 Å². The number of H-pyrrole nitrogens is 1. The van der Waals surface area contributed by atoms with Crippen LogP contribution in [0.3, 0.4) is 0 Å². The molecule has 1 aromatic carbocycles. The van der Waals surface area contributed by atoms with Gasteiger partial charge in [0.1, 0.15) is 6.10 Å². The number of aromatic amines is 1. The number of ether oxygens (including phenoxy) is 1. The topological polar surface area (TPSA) is 54.1 Å². The fourth-order valence-electron chi connectivity index (χ4n) is 2.39. The van der Waals surface area contributed by atoms with Crippen LogP contribution in [0.5, 0.6) is 0 Å². The second-order valence-electron chi connectivity index (χ2n) is 5.10. The van der Waals surface area contributed by atoms with E-state index in [0.29, 0.717) is 6.54 Å². The van der Waals surface area contributed by atoms with Gasteiger partial charge in [-0.1, -0.05) is 37.3 Å². The van der Waals surface area contributed by atoms with Gasteiger partial charge in [0.15, 0.2) is 0 Å². The van der Waals surface area contributed by atoms with Crippen LogP contribution in [0.25, 0.3) is 0 Å². The SMILES string of the molecule is CO[C@@H](c1ccc[nH]1)[C@@H](C)C(=O)NCCc1ccccc1. The average molecular weight is 286 g/mol. The monoisotopic (exact) mass is 286 g/mol. The summed E-state index contributed by atoms with van der Waals surface area (Å²) in [6, 6.07) is 14.0. The number of hydrogen-bond acceptors (Lipinski definition) is 2. The third-order valence-corrected chi connectivity index (χ3v) is 3.61. The quantitative estimate of drug-likeness (QED) is 0.822. The highest BCUT2D eigenvalue weighted by atomic mass is 16.5. The van der Waals surface area contributed by atoms with Crippen molar-refractivity contribution in [3.05, 3.63) is 59.9 Å². The van der Waals surface area contributed by atoms with Crippen molar-refractivity contribution in [2.45, 2.75) is 19.4 Å². The van der Waals surface area contributed by atoms with Gasteiger partial charge in [-0.05, 0) is 24.1 Å². The molecule has 2 aromatic rings. The summed E-state index contributed by atoms with van der Waals surface area (Å²) in [5.41, 5.74) is 2.14. The van der Waals surface area contributed by atoms with E-state index in [4.69, 9.17) is 4.74 Å². The first kappa shape index (κ1) is 15.3. The molecule has 0 saturated carbocycles. The van der Waals surface area contributed by atoms with Gasteiger partial charge in [-0.2, -0.15) is 0 Å². The van der Waals surface area contributed by atoms with Crippen molar-refractivity contribution in [3.8, 4) is 0 Å². The molecular weight excluding hydrogens is 264 g/mol. The van der Waals surface area contributed by atoms with Crippen LogP contribution in [0.2, 0.25) is 0 Å². The zero-order chi connectivity index (χ0) is 15.1. The molecule has 0 aliphatic carbocycles. The minimum absolute atomic E-state index is 0.00683. The van der Waals surface area contributed by atoms with Crippen molar-refractivity contribution >= 4 is 5.91 Å². The molecule has 0 saturated heterocycles. The molecular formula is C17H22N2O2. The average Bonchev–Trinajstić information content (AvgIpc) is 3.03. The highest BCUT2D eigenvalue weighted by molar-refractivity contribution is 5.79. The Kier molecular flexibility index (Phi) is 5.58. The van der Waals surface area contributed by atoms with Crippen molar-refractivity contribution in [3.63, 3.8) is 0 Å². The molecule has 112 valence electrons. The normalized spacial score (nSPS) is 13.6. The Labute approximate surface area is 125 Å². The molecule has 0 spiro atoms. The third-order valence-electron chi connectivity index (χ3n) is 3.61. The van der Waals surface area contributed by atoms with Gasteiger partial charge in [-0.15, -0.1) is 0 Å². The van der Waals surface area contributed by atoms with Gasteiger partial charge in [0.05, 0.1) is 5.92 Å². The second kappa shape index (κ2) is 7.64. The number of amides is 1. The Morgan fingerprint density at radius 1 is 1.24 bits per heavy atom.